The maximum absolute atomic E-state index is 12.8. The molecule has 0 spiro atoms. The fraction of sp³-hybridized carbons (Fsp3) is 0.250. The summed E-state index contributed by atoms with van der Waals surface area (Å²) in [6, 6.07) is 24.8. The molecule has 0 aliphatic carbocycles. The summed E-state index contributed by atoms with van der Waals surface area (Å²) >= 11 is 12.2. The molecule has 0 aliphatic heterocycles. The van der Waals surface area contributed by atoms with Crippen LogP contribution in [0.15, 0.2) is 97.3 Å². The zero-order valence-electron chi connectivity index (χ0n) is 30.1. The predicted octanol–water partition coefficient (Wildman–Crippen LogP) is 10.8. The predicted molar refractivity (Wildman–Crippen MR) is 207 cm³/mol. The van der Waals surface area contributed by atoms with Crippen molar-refractivity contribution in [2.45, 2.75) is 65.6 Å². The van der Waals surface area contributed by atoms with Gasteiger partial charge < -0.3 is 4.74 Å². The minimum Gasteiger partial charge on any atom is -0.372 e. The second-order valence-corrected chi connectivity index (χ2v) is 15.6. The summed E-state index contributed by atoms with van der Waals surface area (Å²) in [4.78, 5) is 24.8. The van der Waals surface area contributed by atoms with Gasteiger partial charge in [-0.05, 0) is 94.8 Å². The van der Waals surface area contributed by atoms with Crippen molar-refractivity contribution in [3.63, 3.8) is 0 Å². The average Bonchev–Trinajstić information content (AvgIpc) is 3.78. The van der Waals surface area contributed by atoms with Crippen molar-refractivity contribution >= 4 is 34.6 Å². The fourth-order valence-corrected chi connectivity index (χ4v) is 6.60. The van der Waals surface area contributed by atoms with Crippen molar-refractivity contribution in [2.75, 3.05) is 0 Å². The molecule has 0 aliphatic rings. The van der Waals surface area contributed by atoms with Crippen LogP contribution in [-0.2, 0) is 28.8 Å². The SMILES string of the molecule is CC(C)(C)c1ccc(COCc2ccc(C(C)(C)C)c(-c3ccn(-c4ccc(Cl)cc4)n3)c2[N+](=O)[O-])c([N+](=O)[O-])c1-c1ccn(-c2ccc(Cl)cc2)n1. The van der Waals surface area contributed by atoms with E-state index >= 15 is 0 Å². The zero-order valence-corrected chi connectivity index (χ0v) is 31.6. The van der Waals surface area contributed by atoms with E-state index in [9.17, 15) is 20.2 Å². The summed E-state index contributed by atoms with van der Waals surface area (Å²) in [5.41, 5.74) is 4.03. The van der Waals surface area contributed by atoms with E-state index in [1.54, 1.807) is 70.3 Å². The van der Waals surface area contributed by atoms with Gasteiger partial charge in [-0.15, -0.1) is 0 Å². The molecule has 53 heavy (non-hydrogen) atoms. The molecule has 0 saturated heterocycles. The smallest absolute Gasteiger partial charge is 0.284 e. The molecule has 272 valence electrons. The number of rotatable bonds is 10. The Morgan fingerprint density at radius 2 is 0.943 bits per heavy atom. The highest BCUT2D eigenvalue weighted by Gasteiger charge is 2.33. The summed E-state index contributed by atoms with van der Waals surface area (Å²) in [5.74, 6) is 0. The third kappa shape index (κ3) is 7.87. The molecule has 13 heteroatoms. The average molecular weight is 754 g/mol. The van der Waals surface area contributed by atoms with Gasteiger partial charge in [-0.3, -0.25) is 20.2 Å². The molecule has 0 fully saturated rings. The van der Waals surface area contributed by atoms with Gasteiger partial charge in [-0.2, -0.15) is 10.2 Å². The quantitative estimate of drug-likeness (QED) is 0.100. The topological polar surface area (TPSA) is 131 Å². The van der Waals surface area contributed by atoms with Crippen LogP contribution in [0.2, 0.25) is 10.0 Å². The molecular formula is C40H38Cl2N6O5. The van der Waals surface area contributed by atoms with Crippen molar-refractivity contribution in [3.8, 4) is 33.9 Å². The second-order valence-electron chi connectivity index (χ2n) is 14.7. The first-order valence-electron chi connectivity index (χ1n) is 16.9. The molecule has 0 bridgehead atoms. The number of ether oxygens (including phenoxy) is 1. The lowest BCUT2D eigenvalue weighted by atomic mass is 9.81. The van der Waals surface area contributed by atoms with Gasteiger partial charge in [0.1, 0.15) is 0 Å². The number of halogens is 2. The Morgan fingerprint density at radius 3 is 1.26 bits per heavy atom. The monoisotopic (exact) mass is 752 g/mol. The van der Waals surface area contributed by atoms with E-state index in [1.165, 1.54) is 0 Å². The van der Waals surface area contributed by atoms with Crippen molar-refractivity contribution in [2.24, 2.45) is 0 Å². The van der Waals surface area contributed by atoms with Crippen LogP contribution >= 0.6 is 23.2 Å². The lowest BCUT2D eigenvalue weighted by Crippen LogP contribution is -2.16. The third-order valence-electron chi connectivity index (χ3n) is 8.89. The van der Waals surface area contributed by atoms with E-state index < -0.39 is 20.7 Å². The standard InChI is InChI=1S/C40H38Cl2N6O5/c1-39(2,3)31-17-7-25(37(47(49)50)35(31)33-19-21-45(43-33)29-13-9-27(41)10-14-29)23-53-24-26-8-18-32(40(4,5)6)36(38(26)48(51)52)34-20-22-46(44-34)30-15-11-28(42)12-16-30/h7-22H,23-24H2,1-6H3. The number of hydrogen-bond acceptors (Lipinski definition) is 7. The Bertz CT molecular complexity index is 2150. The van der Waals surface area contributed by atoms with Crippen LogP contribution in [0.25, 0.3) is 33.9 Å². The molecule has 4 aromatic carbocycles. The van der Waals surface area contributed by atoms with Gasteiger partial charge in [-0.25, -0.2) is 9.36 Å². The van der Waals surface area contributed by atoms with Gasteiger partial charge in [-0.1, -0.05) is 76.9 Å². The van der Waals surface area contributed by atoms with E-state index in [-0.39, 0.29) is 24.6 Å². The Labute approximate surface area is 317 Å². The first-order chi connectivity index (χ1) is 25.0. The molecule has 6 rings (SSSR count). The Hall–Kier alpha value is -5.36. The van der Waals surface area contributed by atoms with Crippen LogP contribution in [0, 0.1) is 20.2 Å². The number of aromatic nitrogens is 4. The van der Waals surface area contributed by atoms with Crippen molar-refractivity contribution in [1.29, 1.82) is 0 Å². The minimum atomic E-state index is -0.462. The Balaban J connectivity index is 1.37. The molecule has 2 heterocycles. The molecule has 0 N–H and O–H groups in total. The van der Waals surface area contributed by atoms with E-state index in [0.29, 0.717) is 43.7 Å². The van der Waals surface area contributed by atoms with Crippen molar-refractivity contribution < 1.29 is 14.6 Å². The van der Waals surface area contributed by atoms with Gasteiger partial charge in [0.05, 0.1) is 68.1 Å². The van der Waals surface area contributed by atoms with Crippen LogP contribution in [0.5, 0.6) is 0 Å². The van der Waals surface area contributed by atoms with Crippen LogP contribution < -0.4 is 0 Å². The van der Waals surface area contributed by atoms with Gasteiger partial charge in [0.25, 0.3) is 11.4 Å². The number of nitro benzene ring substituents is 2. The Kier molecular flexibility index (Phi) is 10.3. The lowest BCUT2D eigenvalue weighted by Gasteiger charge is -2.23. The molecule has 11 nitrogen and oxygen atoms in total. The van der Waals surface area contributed by atoms with E-state index in [0.717, 1.165) is 22.5 Å². The van der Waals surface area contributed by atoms with E-state index in [2.05, 4.69) is 0 Å². The van der Waals surface area contributed by atoms with E-state index in [1.807, 2.05) is 77.9 Å². The van der Waals surface area contributed by atoms with Gasteiger partial charge in [0.2, 0.25) is 0 Å². The highest BCUT2D eigenvalue weighted by molar-refractivity contribution is 6.30. The van der Waals surface area contributed by atoms with Crippen LogP contribution in [0.4, 0.5) is 11.4 Å². The summed E-state index contributed by atoms with van der Waals surface area (Å²) < 4.78 is 9.39. The number of nitro groups is 2. The van der Waals surface area contributed by atoms with Crippen molar-refractivity contribution in [1.82, 2.24) is 19.6 Å². The van der Waals surface area contributed by atoms with Crippen molar-refractivity contribution in [3.05, 3.63) is 150 Å². The fourth-order valence-electron chi connectivity index (χ4n) is 6.35. The third-order valence-corrected chi connectivity index (χ3v) is 9.40. The molecular weight excluding hydrogens is 715 g/mol. The minimum absolute atomic E-state index is 0.134. The van der Waals surface area contributed by atoms with Gasteiger partial charge in [0.15, 0.2) is 0 Å². The first-order valence-corrected chi connectivity index (χ1v) is 17.6. The zero-order chi connectivity index (χ0) is 38.2. The number of nitrogens with zero attached hydrogens (tertiary/aromatic N) is 6. The summed E-state index contributed by atoms with van der Waals surface area (Å²) in [6.45, 7) is 11.6. The molecule has 6 aromatic rings. The Morgan fingerprint density at radius 1 is 0.585 bits per heavy atom. The lowest BCUT2D eigenvalue weighted by molar-refractivity contribution is -0.385. The van der Waals surface area contributed by atoms with Gasteiger partial charge >= 0.3 is 0 Å². The van der Waals surface area contributed by atoms with Crippen LogP contribution in [0.3, 0.4) is 0 Å². The maximum atomic E-state index is 12.8. The van der Waals surface area contributed by atoms with Crippen LogP contribution in [-0.4, -0.2) is 29.4 Å². The van der Waals surface area contributed by atoms with Crippen LogP contribution in [0.1, 0.15) is 63.8 Å². The maximum Gasteiger partial charge on any atom is 0.284 e. The highest BCUT2D eigenvalue weighted by atomic mass is 35.5. The molecule has 2 aromatic heterocycles. The molecule has 0 atom stereocenters. The first kappa shape index (κ1) is 37.4. The summed E-state index contributed by atoms with van der Waals surface area (Å²) in [7, 11) is 0. The number of benzene rings is 4. The largest absolute Gasteiger partial charge is 0.372 e. The number of hydrogen-bond donors (Lipinski definition) is 0. The molecule has 0 unspecified atom stereocenters. The molecule has 0 amide bonds. The summed E-state index contributed by atoms with van der Waals surface area (Å²) in [6.07, 6.45) is 3.49. The molecule has 0 radical (unpaired) electrons. The van der Waals surface area contributed by atoms with Gasteiger partial charge in [0, 0.05) is 22.4 Å². The second kappa shape index (κ2) is 14.6. The van der Waals surface area contributed by atoms with E-state index in [4.69, 9.17) is 38.1 Å². The molecule has 0 saturated carbocycles. The highest BCUT2D eigenvalue weighted by Crippen LogP contribution is 2.43. The normalized spacial score (nSPS) is 11.9. The summed E-state index contributed by atoms with van der Waals surface area (Å²) in [5, 5.41) is 36.3.